The van der Waals surface area contributed by atoms with Crippen LogP contribution in [0.4, 0.5) is 5.69 Å². The van der Waals surface area contributed by atoms with Gasteiger partial charge in [-0.1, -0.05) is 18.2 Å². The third-order valence-electron chi connectivity index (χ3n) is 3.85. The molecule has 2 heteroatoms. The van der Waals surface area contributed by atoms with Crippen LogP contribution in [0.2, 0.25) is 0 Å². The summed E-state index contributed by atoms with van der Waals surface area (Å²) < 4.78 is 0. The fraction of sp³-hybridized carbons (Fsp3) is 0.529. The molecule has 0 bridgehead atoms. The predicted octanol–water partition coefficient (Wildman–Crippen LogP) is 3.83. The van der Waals surface area contributed by atoms with Crippen LogP contribution in [0.25, 0.3) is 0 Å². The minimum atomic E-state index is 0.166. The van der Waals surface area contributed by atoms with Gasteiger partial charge in [-0.2, -0.15) is 0 Å². The second-order valence-electron chi connectivity index (χ2n) is 6.31. The van der Waals surface area contributed by atoms with Gasteiger partial charge >= 0.3 is 0 Å². The molecular formula is C17H26N2. The lowest BCUT2D eigenvalue weighted by Crippen LogP contribution is -2.41. The topological polar surface area (TPSA) is 15.3 Å². The van der Waals surface area contributed by atoms with Crippen molar-refractivity contribution >= 4 is 5.69 Å². The fourth-order valence-electron chi connectivity index (χ4n) is 2.67. The van der Waals surface area contributed by atoms with Gasteiger partial charge in [0.25, 0.3) is 0 Å². The Hall–Kier alpha value is -1.28. The summed E-state index contributed by atoms with van der Waals surface area (Å²) in [6.07, 6.45) is 4.43. The van der Waals surface area contributed by atoms with Crippen LogP contribution in [0.15, 0.2) is 30.9 Å². The van der Waals surface area contributed by atoms with Gasteiger partial charge in [0.1, 0.15) is 0 Å². The van der Waals surface area contributed by atoms with Crippen molar-refractivity contribution in [2.24, 2.45) is 0 Å². The third-order valence-corrected chi connectivity index (χ3v) is 3.85. The maximum atomic E-state index is 3.89. The standard InChI is InChI=1S/C17H26N2/c1-5-12-19(17(2,3)4)13-14-8-6-10-16-15(14)9-7-11-18-16/h5-6,8,10,18H,1,7,9,11-13H2,2-4H3. The van der Waals surface area contributed by atoms with Crippen LogP contribution in [0.3, 0.4) is 0 Å². The Bertz CT molecular complexity index is 443. The Morgan fingerprint density at radius 1 is 1.37 bits per heavy atom. The molecule has 0 unspecified atom stereocenters. The lowest BCUT2D eigenvalue weighted by Gasteiger charge is -2.36. The number of rotatable bonds is 4. The van der Waals surface area contributed by atoms with E-state index in [1.54, 1.807) is 0 Å². The van der Waals surface area contributed by atoms with Crippen molar-refractivity contribution in [1.29, 1.82) is 0 Å². The summed E-state index contributed by atoms with van der Waals surface area (Å²) in [6, 6.07) is 6.64. The van der Waals surface area contributed by atoms with E-state index in [4.69, 9.17) is 0 Å². The number of benzene rings is 1. The maximum Gasteiger partial charge on any atom is 0.0375 e. The van der Waals surface area contributed by atoms with E-state index in [1.165, 1.54) is 29.7 Å². The molecule has 0 fully saturated rings. The highest BCUT2D eigenvalue weighted by atomic mass is 15.2. The minimum Gasteiger partial charge on any atom is -0.385 e. The molecule has 1 aromatic carbocycles. The smallest absolute Gasteiger partial charge is 0.0375 e. The molecule has 0 saturated heterocycles. The van der Waals surface area contributed by atoms with E-state index >= 15 is 0 Å². The summed E-state index contributed by atoms with van der Waals surface area (Å²) in [5.74, 6) is 0. The van der Waals surface area contributed by atoms with Crippen molar-refractivity contribution in [3.05, 3.63) is 42.0 Å². The van der Waals surface area contributed by atoms with E-state index in [1.807, 2.05) is 6.08 Å². The summed E-state index contributed by atoms with van der Waals surface area (Å²) in [7, 11) is 0. The number of anilines is 1. The van der Waals surface area contributed by atoms with Crippen molar-refractivity contribution < 1.29 is 0 Å². The van der Waals surface area contributed by atoms with Crippen molar-refractivity contribution in [3.8, 4) is 0 Å². The van der Waals surface area contributed by atoms with E-state index in [-0.39, 0.29) is 5.54 Å². The first kappa shape index (κ1) is 14.1. The molecular weight excluding hydrogens is 232 g/mol. The molecule has 1 aliphatic rings. The number of hydrogen-bond acceptors (Lipinski definition) is 2. The van der Waals surface area contributed by atoms with Gasteiger partial charge in [-0.05, 0) is 50.8 Å². The van der Waals surface area contributed by atoms with Gasteiger partial charge in [0.2, 0.25) is 0 Å². The molecule has 0 radical (unpaired) electrons. The molecule has 19 heavy (non-hydrogen) atoms. The molecule has 0 saturated carbocycles. The third kappa shape index (κ3) is 3.38. The lowest BCUT2D eigenvalue weighted by molar-refractivity contribution is 0.145. The second kappa shape index (κ2) is 5.79. The van der Waals surface area contributed by atoms with Crippen LogP contribution in [0.5, 0.6) is 0 Å². The normalized spacial score (nSPS) is 14.9. The zero-order chi connectivity index (χ0) is 13.9. The lowest BCUT2D eigenvalue weighted by atomic mass is 9.96. The van der Waals surface area contributed by atoms with Crippen LogP contribution in [-0.4, -0.2) is 23.5 Å². The van der Waals surface area contributed by atoms with Gasteiger partial charge in [-0.3, -0.25) is 4.90 Å². The Kier molecular flexibility index (Phi) is 4.31. The molecule has 104 valence electrons. The molecule has 1 aliphatic heterocycles. The van der Waals surface area contributed by atoms with E-state index in [2.05, 4.69) is 55.8 Å². The molecule has 0 spiro atoms. The first-order chi connectivity index (χ1) is 9.02. The summed E-state index contributed by atoms with van der Waals surface area (Å²) in [5, 5.41) is 3.51. The van der Waals surface area contributed by atoms with Crippen molar-refractivity contribution in [3.63, 3.8) is 0 Å². The second-order valence-corrected chi connectivity index (χ2v) is 6.31. The van der Waals surface area contributed by atoms with Gasteiger partial charge in [0.05, 0.1) is 0 Å². The molecule has 2 nitrogen and oxygen atoms in total. The average molecular weight is 258 g/mol. The van der Waals surface area contributed by atoms with Gasteiger partial charge in [0.15, 0.2) is 0 Å². The van der Waals surface area contributed by atoms with E-state index in [0.29, 0.717) is 0 Å². The number of hydrogen-bond donors (Lipinski definition) is 1. The average Bonchev–Trinajstić information content (AvgIpc) is 2.37. The quantitative estimate of drug-likeness (QED) is 0.826. The zero-order valence-electron chi connectivity index (χ0n) is 12.5. The summed E-state index contributed by atoms with van der Waals surface area (Å²) in [4.78, 5) is 2.48. The molecule has 0 aromatic heterocycles. The van der Waals surface area contributed by atoms with E-state index < -0.39 is 0 Å². The van der Waals surface area contributed by atoms with Crippen molar-refractivity contribution in [2.75, 3.05) is 18.4 Å². The highest BCUT2D eigenvalue weighted by Gasteiger charge is 2.22. The van der Waals surface area contributed by atoms with Gasteiger partial charge < -0.3 is 5.32 Å². The maximum absolute atomic E-state index is 3.89. The first-order valence-electron chi connectivity index (χ1n) is 7.23. The monoisotopic (exact) mass is 258 g/mol. The highest BCUT2D eigenvalue weighted by molar-refractivity contribution is 5.56. The molecule has 0 aliphatic carbocycles. The summed E-state index contributed by atoms with van der Waals surface area (Å²) in [5.41, 5.74) is 4.46. The van der Waals surface area contributed by atoms with Crippen LogP contribution < -0.4 is 5.32 Å². The number of nitrogens with zero attached hydrogens (tertiary/aromatic N) is 1. The Morgan fingerprint density at radius 2 is 2.16 bits per heavy atom. The number of nitrogens with one attached hydrogen (secondary N) is 1. The van der Waals surface area contributed by atoms with Gasteiger partial charge in [0, 0.05) is 30.9 Å². The van der Waals surface area contributed by atoms with Crippen molar-refractivity contribution in [1.82, 2.24) is 4.90 Å². The van der Waals surface area contributed by atoms with E-state index in [0.717, 1.165) is 19.6 Å². The largest absolute Gasteiger partial charge is 0.385 e. The molecule has 2 rings (SSSR count). The molecule has 1 aromatic rings. The van der Waals surface area contributed by atoms with Crippen molar-refractivity contribution in [2.45, 2.75) is 45.7 Å². The highest BCUT2D eigenvalue weighted by Crippen LogP contribution is 2.27. The van der Waals surface area contributed by atoms with Crippen LogP contribution >= 0.6 is 0 Å². The van der Waals surface area contributed by atoms with Crippen LogP contribution in [0.1, 0.15) is 38.3 Å². The zero-order valence-corrected chi connectivity index (χ0v) is 12.5. The first-order valence-corrected chi connectivity index (χ1v) is 7.23. The molecule has 0 atom stereocenters. The van der Waals surface area contributed by atoms with Crippen LogP contribution in [0, 0.1) is 0 Å². The fourth-order valence-corrected chi connectivity index (χ4v) is 2.67. The molecule has 0 amide bonds. The SMILES string of the molecule is C=CCN(Cc1cccc2c1CCCN2)C(C)(C)C. The number of fused-ring (bicyclic) bond motifs is 1. The summed E-state index contributed by atoms with van der Waals surface area (Å²) in [6.45, 7) is 13.7. The minimum absolute atomic E-state index is 0.166. The summed E-state index contributed by atoms with van der Waals surface area (Å²) >= 11 is 0. The van der Waals surface area contributed by atoms with E-state index in [9.17, 15) is 0 Å². The Balaban J connectivity index is 2.24. The Labute approximate surface area is 117 Å². The molecule has 1 heterocycles. The van der Waals surface area contributed by atoms with Gasteiger partial charge in [-0.25, -0.2) is 0 Å². The predicted molar refractivity (Wildman–Crippen MR) is 83.6 cm³/mol. The molecule has 1 N–H and O–H groups in total. The Morgan fingerprint density at radius 3 is 2.84 bits per heavy atom. The van der Waals surface area contributed by atoms with Gasteiger partial charge in [-0.15, -0.1) is 6.58 Å². The van der Waals surface area contributed by atoms with Crippen LogP contribution in [-0.2, 0) is 13.0 Å².